The lowest BCUT2D eigenvalue weighted by Gasteiger charge is -2.26. The molecule has 0 unspecified atom stereocenters. The van der Waals surface area contributed by atoms with Crippen LogP contribution in [0.2, 0.25) is 0 Å². The summed E-state index contributed by atoms with van der Waals surface area (Å²) in [5, 5.41) is 7.53. The SMILES string of the molecule is c1ccc(-n2c3ccccc3c3cc(-c4ccc(N(c5ccc(-n6c7ccccc7c7ccccc76)cc5)c5ccc(-n6c7ccccc7c7ccccc76)cc5)cc4)ccc32)cc1. The molecule has 0 atom stereocenters. The van der Waals surface area contributed by atoms with Gasteiger partial charge in [0.2, 0.25) is 0 Å². The van der Waals surface area contributed by atoms with Crippen LogP contribution in [0.1, 0.15) is 0 Å². The molecule has 0 amide bonds. The topological polar surface area (TPSA) is 18.0 Å². The number of para-hydroxylation sites is 6. The van der Waals surface area contributed by atoms with E-state index < -0.39 is 0 Å². The van der Waals surface area contributed by atoms with E-state index in [0.29, 0.717) is 0 Å². The Hall–Kier alpha value is -8.60. The summed E-state index contributed by atoms with van der Waals surface area (Å²) in [6.45, 7) is 0. The van der Waals surface area contributed by atoms with Crippen molar-refractivity contribution < 1.29 is 0 Å². The van der Waals surface area contributed by atoms with Crippen molar-refractivity contribution in [3.8, 4) is 28.2 Å². The molecule has 0 saturated heterocycles. The first-order chi connectivity index (χ1) is 31.8. The third kappa shape index (κ3) is 5.63. The minimum atomic E-state index is 1.08. The first-order valence-electron chi connectivity index (χ1n) is 21.9. The second-order valence-electron chi connectivity index (χ2n) is 16.6. The summed E-state index contributed by atoms with van der Waals surface area (Å²) in [4.78, 5) is 2.37. The van der Waals surface area contributed by atoms with Gasteiger partial charge in [0.15, 0.2) is 0 Å². The van der Waals surface area contributed by atoms with Crippen LogP contribution in [0, 0.1) is 0 Å². The zero-order valence-electron chi connectivity index (χ0n) is 34.9. The number of nitrogens with zero attached hydrogens (tertiary/aromatic N) is 4. The second kappa shape index (κ2) is 14.5. The van der Waals surface area contributed by atoms with E-state index in [4.69, 9.17) is 0 Å². The predicted octanol–water partition coefficient (Wildman–Crippen LogP) is 16.1. The molecule has 300 valence electrons. The summed E-state index contributed by atoms with van der Waals surface area (Å²) >= 11 is 0. The monoisotopic (exact) mass is 816 g/mol. The van der Waals surface area contributed by atoms with Crippen LogP contribution >= 0.6 is 0 Å². The Morgan fingerprint density at radius 1 is 0.219 bits per heavy atom. The van der Waals surface area contributed by atoms with Gasteiger partial charge in [-0.1, -0.05) is 127 Å². The molecule has 0 spiro atoms. The summed E-state index contributed by atoms with van der Waals surface area (Å²) in [7, 11) is 0. The van der Waals surface area contributed by atoms with Crippen LogP contribution in [-0.2, 0) is 0 Å². The minimum absolute atomic E-state index is 1.08. The largest absolute Gasteiger partial charge is 0.311 e. The number of rotatable bonds is 7. The van der Waals surface area contributed by atoms with Gasteiger partial charge in [0, 0.05) is 66.4 Å². The van der Waals surface area contributed by atoms with Crippen LogP contribution in [0.5, 0.6) is 0 Å². The van der Waals surface area contributed by atoms with Gasteiger partial charge in [-0.3, -0.25) is 0 Å². The van der Waals surface area contributed by atoms with E-state index in [0.717, 1.165) is 34.1 Å². The Bertz CT molecular complexity index is 3610. The summed E-state index contributed by atoms with van der Waals surface area (Å²) < 4.78 is 7.12. The van der Waals surface area contributed by atoms with Crippen LogP contribution in [0.4, 0.5) is 17.1 Å². The van der Waals surface area contributed by atoms with E-state index in [1.807, 2.05) is 0 Å². The van der Waals surface area contributed by atoms with Crippen molar-refractivity contribution in [3.63, 3.8) is 0 Å². The van der Waals surface area contributed by atoms with Crippen molar-refractivity contribution in [1.29, 1.82) is 0 Å². The molecule has 0 radical (unpaired) electrons. The van der Waals surface area contributed by atoms with Gasteiger partial charge in [-0.25, -0.2) is 0 Å². The van der Waals surface area contributed by atoms with Gasteiger partial charge in [0.1, 0.15) is 0 Å². The van der Waals surface area contributed by atoms with Gasteiger partial charge in [-0.15, -0.1) is 0 Å². The first-order valence-corrected chi connectivity index (χ1v) is 21.9. The molecule has 0 bridgehead atoms. The fourth-order valence-electron chi connectivity index (χ4n) is 10.2. The minimum Gasteiger partial charge on any atom is -0.311 e. The maximum Gasteiger partial charge on any atom is 0.0541 e. The number of hydrogen-bond donors (Lipinski definition) is 0. The average molecular weight is 817 g/mol. The molecule has 13 aromatic rings. The molecule has 3 aromatic heterocycles. The smallest absolute Gasteiger partial charge is 0.0541 e. The van der Waals surface area contributed by atoms with Crippen molar-refractivity contribution in [2.45, 2.75) is 0 Å². The summed E-state index contributed by atoms with van der Waals surface area (Å²) in [5.41, 5.74) is 16.2. The highest BCUT2D eigenvalue weighted by molar-refractivity contribution is 6.12. The molecule has 13 rings (SSSR count). The summed E-state index contributed by atoms with van der Waals surface area (Å²) in [6.07, 6.45) is 0. The highest BCUT2D eigenvalue weighted by Gasteiger charge is 2.18. The van der Waals surface area contributed by atoms with Gasteiger partial charge in [0.05, 0.1) is 33.1 Å². The maximum absolute atomic E-state index is 2.38. The van der Waals surface area contributed by atoms with Gasteiger partial charge >= 0.3 is 0 Å². The number of fused-ring (bicyclic) bond motifs is 9. The number of benzene rings is 10. The lowest BCUT2D eigenvalue weighted by Crippen LogP contribution is -2.10. The Kier molecular flexibility index (Phi) is 8.18. The molecule has 4 heteroatoms. The van der Waals surface area contributed by atoms with Crippen LogP contribution in [0.25, 0.3) is 93.6 Å². The third-order valence-corrected chi connectivity index (χ3v) is 13.0. The molecule has 0 fully saturated rings. The van der Waals surface area contributed by atoms with Crippen molar-refractivity contribution in [2.24, 2.45) is 0 Å². The quantitative estimate of drug-likeness (QED) is 0.157. The number of aromatic nitrogens is 3. The van der Waals surface area contributed by atoms with Crippen LogP contribution in [0.3, 0.4) is 0 Å². The standard InChI is InChI=1S/C60H40N4/c1-2-14-43(15-3-1)62-59-25-13-8-20-53(59)54-40-42(28-39-60(54)62)41-26-29-44(30-27-41)61(45-31-35-47(36-32-45)63-55-21-9-4-16-49(55)50-17-5-10-22-56(50)63)46-33-37-48(38-34-46)64-57-23-11-6-18-51(57)52-19-7-12-24-58(52)64/h1-40H. The van der Waals surface area contributed by atoms with E-state index in [9.17, 15) is 0 Å². The molecule has 3 heterocycles. The van der Waals surface area contributed by atoms with Crippen LogP contribution in [0.15, 0.2) is 243 Å². The normalized spacial score (nSPS) is 11.8. The van der Waals surface area contributed by atoms with Gasteiger partial charge in [-0.2, -0.15) is 0 Å². The zero-order valence-corrected chi connectivity index (χ0v) is 34.9. The highest BCUT2D eigenvalue weighted by atomic mass is 15.1. The van der Waals surface area contributed by atoms with Crippen LogP contribution in [-0.4, -0.2) is 13.7 Å². The Morgan fingerprint density at radius 3 is 0.922 bits per heavy atom. The lowest BCUT2D eigenvalue weighted by molar-refractivity contribution is 1.17. The molecule has 4 nitrogen and oxygen atoms in total. The summed E-state index contributed by atoms with van der Waals surface area (Å²) in [6, 6.07) is 88.1. The first kappa shape index (κ1) is 36.1. The second-order valence-corrected chi connectivity index (χ2v) is 16.6. The van der Waals surface area contributed by atoms with Gasteiger partial charge < -0.3 is 18.6 Å². The van der Waals surface area contributed by atoms with Crippen LogP contribution < -0.4 is 4.90 Å². The number of hydrogen-bond acceptors (Lipinski definition) is 1. The van der Waals surface area contributed by atoms with E-state index in [2.05, 4.69) is 261 Å². The maximum atomic E-state index is 2.38. The van der Waals surface area contributed by atoms with E-state index in [-0.39, 0.29) is 0 Å². The number of anilines is 3. The molecule has 0 aliphatic rings. The summed E-state index contributed by atoms with van der Waals surface area (Å²) in [5.74, 6) is 0. The molecule has 0 saturated carbocycles. The third-order valence-electron chi connectivity index (χ3n) is 13.0. The molecule has 64 heavy (non-hydrogen) atoms. The van der Waals surface area contributed by atoms with E-state index >= 15 is 0 Å². The zero-order chi connectivity index (χ0) is 42.1. The molecular formula is C60H40N4. The molecule has 0 N–H and O–H groups in total. The molecular weight excluding hydrogens is 777 g/mol. The Balaban J connectivity index is 0.921. The predicted molar refractivity (Wildman–Crippen MR) is 270 cm³/mol. The Labute approximate surface area is 370 Å². The van der Waals surface area contributed by atoms with Crippen molar-refractivity contribution in [3.05, 3.63) is 243 Å². The lowest BCUT2D eigenvalue weighted by atomic mass is 10.0. The highest BCUT2D eigenvalue weighted by Crippen LogP contribution is 2.40. The van der Waals surface area contributed by atoms with Gasteiger partial charge in [-0.05, 0) is 126 Å². The Morgan fingerprint density at radius 2 is 0.516 bits per heavy atom. The van der Waals surface area contributed by atoms with Crippen molar-refractivity contribution in [1.82, 2.24) is 13.7 Å². The van der Waals surface area contributed by atoms with Crippen molar-refractivity contribution >= 4 is 82.5 Å². The average Bonchev–Trinajstić information content (AvgIpc) is 4.01. The van der Waals surface area contributed by atoms with E-state index in [1.165, 1.54) is 76.5 Å². The molecule has 0 aliphatic heterocycles. The fraction of sp³-hybridized carbons (Fsp3) is 0. The molecule has 0 aliphatic carbocycles. The van der Waals surface area contributed by atoms with Crippen molar-refractivity contribution in [2.75, 3.05) is 4.90 Å². The molecule has 10 aromatic carbocycles. The van der Waals surface area contributed by atoms with E-state index in [1.54, 1.807) is 0 Å². The fourth-order valence-corrected chi connectivity index (χ4v) is 10.2. The van der Waals surface area contributed by atoms with Gasteiger partial charge in [0.25, 0.3) is 0 Å².